The van der Waals surface area contributed by atoms with Gasteiger partial charge in [0.2, 0.25) is 6.17 Å². The minimum Gasteiger partial charge on any atom is -0.371 e. The summed E-state index contributed by atoms with van der Waals surface area (Å²) in [7, 11) is 1.70. The van der Waals surface area contributed by atoms with Crippen LogP contribution in [0.2, 0.25) is 0 Å². The lowest BCUT2D eigenvalue weighted by Crippen LogP contribution is -2.73. The number of nitrogens with zero attached hydrogens (tertiary/aromatic N) is 3. The lowest BCUT2D eigenvalue weighted by Gasteiger charge is -2.46. The van der Waals surface area contributed by atoms with Crippen molar-refractivity contribution in [3.8, 4) is 0 Å². The smallest absolute Gasteiger partial charge is 0.371 e. The number of morpholine rings is 1. The first-order chi connectivity index (χ1) is 8.12. The van der Waals surface area contributed by atoms with Crippen LogP contribution >= 0.6 is 0 Å². The number of quaternary nitrogens is 1. The zero-order valence-electron chi connectivity index (χ0n) is 9.67. The number of likely N-dealkylation sites (N-methyl/N-ethyl adjacent to an activating group) is 1. The normalized spacial score (nSPS) is 32.0. The van der Waals surface area contributed by atoms with Crippen LogP contribution in [0.5, 0.6) is 0 Å². The Hall–Kier alpha value is -1.50. The van der Waals surface area contributed by atoms with E-state index < -0.39 is 0 Å². The largest absolute Gasteiger partial charge is 0.386 e. The van der Waals surface area contributed by atoms with Gasteiger partial charge < -0.3 is 9.64 Å². The second-order valence-corrected chi connectivity index (χ2v) is 4.57. The molecule has 0 aromatic carbocycles. The number of aromatic nitrogens is 1. The molecule has 1 saturated heterocycles. The number of rotatable bonds is 0. The molecule has 2 N–H and O–H groups in total. The van der Waals surface area contributed by atoms with E-state index in [0.29, 0.717) is 18.9 Å². The van der Waals surface area contributed by atoms with Crippen molar-refractivity contribution in [3.63, 3.8) is 0 Å². The van der Waals surface area contributed by atoms with Gasteiger partial charge in [0.1, 0.15) is 6.61 Å². The number of ether oxygens (including phenoxy) is 1. The SMILES string of the molecule is C[N+]1(N)C(=O)c2ncccc2N2CCOCC21. The van der Waals surface area contributed by atoms with Gasteiger partial charge in [0.15, 0.2) is 5.69 Å². The minimum absolute atomic E-state index is 0.159. The van der Waals surface area contributed by atoms with Crippen molar-refractivity contribution in [2.75, 3.05) is 31.7 Å². The van der Waals surface area contributed by atoms with Crippen LogP contribution in [0.1, 0.15) is 10.5 Å². The molecule has 0 bridgehead atoms. The van der Waals surface area contributed by atoms with Crippen molar-refractivity contribution in [3.05, 3.63) is 24.0 Å². The molecule has 90 valence electrons. The summed E-state index contributed by atoms with van der Waals surface area (Å²) in [6.45, 7) is 1.85. The highest BCUT2D eigenvalue weighted by molar-refractivity contribution is 5.94. The van der Waals surface area contributed by atoms with Gasteiger partial charge in [-0.1, -0.05) is 0 Å². The van der Waals surface area contributed by atoms with E-state index in [1.165, 1.54) is 0 Å². The van der Waals surface area contributed by atoms with E-state index in [0.717, 1.165) is 12.2 Å². The third-order valence-corrected chi connectivity index (χ3v) is 3.46. The number of anilines is 1. The van der Waals surface area contributed by atoms with Crippen LogP contribution in [0.4, 0.5) is 5.69 Å². The number of fused-ring (bicyclic) bond motifs is 3. The Bertz CT molecular complexity index is 474. The van der Waals surface area contributed by atoms with Crippen molar-refractivity contribution >= 4 is 11.6 Å². The van der Waals surface area contributed by atoms with Gasteiger partial charge in [-0.2, -0.15) is 10.4 Å². The Labute approximate surface area is 99.1 Å². The fourth-order valence-corrected chi connectivity index (χ4v) is 2.47. The number of hydrogen-bond acceptors (Lipinski definition) is 5. The fourth-order valence-electron chi connectivity index (χ4n) is 2.47. The van der Waals surface area contributed by atoms with Gasteiger partial charge in [-0.05, 0) is 12.1 Å². The summed E-state index contributed by atoms with van der Waals surface area (Å²) in [6.07, 6.45) is 1.46. The number of pyridine rings is 1. The van der Waals surface area contributed by atoms with Crippen molar-refractivity contribution in [2.24, 2.45) is 5.84 Å². The van der Waals surface area contributed by atoms with Crippen LogP contribution in [0.25, 0.3) is 0 Å². The van der Waals surface area contributed by atoms with Crippen molar-refractivity contribution < 1.29 is 14.1 Å². The van der Waals surface area contributed by atoms with Gasteiger partial charge in [-0.25, -0.2) is 9.78 Å². The summed E-state index contributed by atoms with van der Waals surface area (Å²) in [5, 5.41) is 0. The fraction of sp³-hybridized carbons (Fsp3) is 0.455. The molecule has 2 aliphatic rings. The first-order valence-corrected chi connectivity index (χ1v) is 5.61. The standard InChI is InChI=1S/C11H15N4O2/c1-15(12)9-7-17-6-5-14(9)8-3-2-4-13-10(8)11(15)16/h2-4,9H,5-7,12H2,1H3/q+1. The monoisotopic (exact) mass is 235 g/mol. The second kappa shape index (κ2) is 3.49. The summed E-state index contributed by atoms with van der Waals surface area (Å²) in [5.74, 6) is 5.96. The Morgan fingerprint density at radius 1 is 1.65 bits per heavy atom. The quantitative estimate of drug-likeness (QED) is 0.380. The number of hydrogen-bond donors (Lipinski definition) is 1. The van der Waals surface area contributed by atoms with Crippen molar-refractivity contribution in [1.82, 2.24) is 4.98 Å². The molecule has 0 spiro atoms. The molecule has 3 heterocycles. The van der Waals surface area contributed by atoms with Crippen LogP contribution in [0.15, 0.2) is 18.3 Å². The summed E-state index contributed by atoms with van der Waals surface area (Å²) in [6, 6.07) is 3.75. The molecule has 1 aromatic heterocycles. The molecule has 0 saturated carbocycles. The average molecular weight is 235 g/mol. The van der Waals surface area contributed by atoms with Crippen LogP contribution in [-0.2, 0) is 4.74 Å². The highest BCUT2D eigenvalue weighted by Crippen LogP contribution is 2.32. The Morgan fingerprint density at radius 3 is 3.29 bits per heavy atom. The molecule has 6 heteroatoms. The van der Waals surface area contributed by atoms with Gasteiger partial charge in [-0.3, -0.25) is 0 Å². The predicted molar refractivity (Wildman–Crippen MR) is 60.9 cm³/mol. The van der Waals surface area contributed by atoms with E-state index in [1.54, 1.807) is 13.2 Å². The summed E-state index contributed by atoms with van der Waals surface area (Å²) in [4.78, 5) is 18.6. The lowest BCUT2D eigenvalue weighted by atomic mass is 10.1. The predicted octanol–water partition coefficient (Wildman–Crippen LogP) is -0.282. The van der Waals surface area contributed by atoms with Crippen LogP contribution in [0, 0.1) is 0 Å². The molecule has 2 aliphatic heterocycles. The van der Waals surface area contributed by atoms with Gasteiger partial charge >= 0.3 is 5.91 Å². The molecule has 1 fully saturated rings. The first kappa shape index (κ1) is 10.6. The first-order valence-electron chi connectivity index (χ1n) is 5.61. The molecular formula is C11H15N4O2+. The van der Waals surface area contributed by atoms with E-state index in [9.17, 15) is 4.79 Å². The number of carbonyl (C=O) groups excluding carboxylic acids is 1. The molecule has 0 aliphatic carbocycles. The zero-order chi connectivity index (χ0) is 12.0. The van der Waals surface area contributed by atoms with E-state index >= 15 is 0 Å². The molecule has 2 atom stereocenters. The maximum Gasteiger partial charge on any atom is 0.386 e. The van der Waals surface area contributed by atoms with E-state index in [4.69, 9.17) is 10.6 Å². The van der Waals surface area contributed by atoms with E-state index in [2.05, 4.69) is 9.88 Å². The molecular weight excluding hydrogens is 220 g/mol. The molecule has 0 radical (unpaired) electrons. The number of nitrogens with two attached hydrogens (primary N) is 1. The maximum absolute atomic E-state index is 12.3. The highest BCUT2D eigenvalue weighted by atomic mass is 16.5. The van der Waals surface area contributed by atoms with Crippen LogP contribution < -0.4 is 10.7 Å². The molecule has 3 rings (SSSR count). The average Bonchev–Trinajstić information content (AvgIpc) is 2.37. The van der Waals surface area contributed by atoms with Crippen LogP contribution in [0.3, 0.4) is 0 Å². The Kier molecular flexibility index (Phi) is 2.19. The van der Waals surface area contributed by atoms with Crippen molar-refractivity contribution in [2.45, 2.75) is 6.17 Å². The molecule has 1 amide bonds. The number of carbonyl (C=O) groups is 1. The Morgan fingerprint density at radius 2 is 2.47 bits per heavy atom. The van der Waals surface area contributed by atoms with Gasteiger partial charge in [0.05, 0.1) is 19.3 Å². The third kappa shape index (κ3) is 1.38. The Balaban J connectivity index is 2.17. The molecule has 1 aromatic rings. The summed E-state index contributed by atoms with van der Waals surface area (Å²) >= 11 is 0. The summed E-state index contributed by atoms with van der Waals surface area (Å²) < 4.78 is 5.21. The highest BCUT2D eigenvalue weighted by Gasteiger charge is 2.50. The third-order valence-electron chi connectivity index (χ3n) is 3.46. The zero-order valence-corrected chi connectivity index (χ0v) is 9.67. The summed E-state index contributed by atoms with van der Waals surface area (Å²) in [5.41, 5.74) is 1.32. The van der Waals surface area contributed by atoms with Gasteiger partial charge in [0.25, 0.3) is 0 Å². The molecule has 2 unspecified atom stereocenters. The lowest BCUT2D eigenvalue weighted by molar-refractivity contribution is -0.869. The molecule has 6 nitrogen and oxygen atoms in total. The van der Waals surface area contributed by atoms with E-state index in [1.807, 2.05) is 12.1 Å². The second-order valence-electron chi connectivity index (χ2n) is 4.57. The van der Waals surface area contributed by atoms with Crippen LogP contribution in [-0.4, -0.2) is 48.5 Å². The van der Waals surface area contributed by atoms with Crippen molar-refractivity contribution in [1.29, 1.82) is 0 Å². The topological polar surface area (TPSA) is 68.5 Å². The maximum atomic E-state index is 12.3. The van der Waals surface area contributed by atoms with Gasteiger partial charge in [0, 0.05) is 12.7 Å². The van der Waals surface area contributed by atoms with Gasteiger partial charge in [-0.15, -0.1) is 0 Å². The van der Waals surface area contributed by atoms with E-state index in [-0.39, 0.29) is 16.7 Å². The molecule has 17 heavy (non-hydrogen) atoms. The minimum atomic E-state index is -0.218. The number of amides is 1.